The van der Waals surface area contributed by atoms with E-state index in [1.54, 1.807) is 6.92 Å². The lowest BCUT2D eigenvalue weighted by Crippen LogP contribution is -2.18. The maximum Gasteiger partial charge on any atom is 0.275 e. The first-order chi connectivity index (χ1) is 11.1. The minimum atomic E-state index is -0.161. The zero-order valence-electron chi connectivity index (χ0n) is 12.6. The minimum absolute atomic E-state index is 0.161. The van der Waals surface area contributed by atoms with Gasteiger partial charge < -0.3 is 14.4 Å². The van der Waals surface area contributed by atoms with E-state index in [1.807, 2.05) is 30.1 Å². The molecule has 1 aliphatic heterocycles. The summed E-state index contributed by atoms with van der Waals surface area (Å²) in [5.41, 5.74) is 1.61. The Balaban J connectivity index is 1.63. The molecular formula is C15H14N4O3S. The number of fused-ring (bicyclic) bond motifs is 2. The van der Waals surface area contributed by atoms with Gasteiger partial charge in [0, 0.05) is 25.4 Å². The summed E-state index contributed by atoms with van der Waals surface area (Å²) in [5, 5.41) is 5.09. The third kappa shape index (κ3) is 2.50. The fraction of sp³-hybridized carbons (Fsp3) is 0.267. The van der Waals surface area contributed by atoms with Crippen molar-refractivity contribution in [1.82, 2.24) is 14.6 Å². The van der Waals surface area contributed by atoms with E-state index in [9.17, 15) is 4.79 Å². The zero-order valence-corrected chi connectivity index (χ0v) is 13.5. The van der Waals surface area contributed by atoms with Crippen LogP contribution < -0.4 is 19.9 Å². The maximum absolute atomic E-state index is 11.9. The number of hydrogen-bond donors (Lipinski definition) is 0. The molecule has 0 saturated carbocycles. The van der Waals surface area contributed by atoms with E-state index in [0.717, 1.165) is 22.2 Å². The van der Waals surface area contributed by atoms with Gasteiger partial charge in [-0.05, 0) is 24.6 Å². The number of nitrogens with zero attached hydrogens (tertiary/aromatic N) is 4. The number of benzene rings is 1. The van der Waals surface area contributed by atoms with Gasteiger partial charge in [0.05, 0.1) is 0 Å². The fourth-order valence-electron chi connectivity index (χ4n) is 2.45. The lowest BCUT2D eigenvalue weighted by molar-refractivity contribution is 0.174. The van der Waals surface area contributed by atoms with Crippen molar-refractivity contribution in [3.63, 3.8) is 0 Å². The number of hydrogen-bond acceptors (Lipinski definition) is 7. The molecule has 0 N–H and O–H groups in total. The molecule has 4 rings (SSSR count). The lowest BCUT2D eigenvalue weighted by Gasteiger charge is -2.15. The zero-order chi connectivity index (χ0) is 16.0. The first-order valence-electron chi connectivity index (χ1n) is 7.07. The SMILES string of the molecule is Cc1cc(=O)n2nc(N(C)Cc3ccc4c(c3)OCO4)sc2n1. The van der Waals surface area contributed by atoms with Crippen LogP contribution in [0, 0.1) is 6.92 Å². The molecule has 0 fully saturated rings. The summed E-state index contributed by atoms with van der Waals surface area (Å²) in [6, 6.07) is 7.33. The van der Waals surface area contributed by atoms with Crippen LogP contribution in [-0.4, -0.2) is 28.4 Å². The van der Waals surface area contributed by atoms with Gasteiger partial charge in [-0.25, -0.2) is 4.98 Å². The molecule has 1 aromatic carbocycles. The first kappa shape index (κ1) is 14.0. The molecule has 3 heterocycles. The van der Waals surface area contributed by atoms with Gasteiger partial charge in [0.25, 0.3) is 5.56 Å². The number of aromatic nitrogens is 3. The van der Waals surface area contributed by atoms with E-state index < -0.39 is 0 Å². The quantitative estimate of drug-likeness (QED) is 0.730. The Bertz CT molecular complexity index is 950. The van der Waals surface area contributed by atoms with E-state index in [0.29, 0.717) is 17.2 Å². The van der Waals surface area contributed by atoms with E-state index >= 15 is 0 Å². The molecule has 8 heteroatoms. The van der Waals surface area contributed by atoms with Gasteiger partial charge in [-0.1, -0.05) is 17.4 Å². The van der Waals surface area contributed by atoms with E-state index in [4.69, 9.17) is 9.47 Å². The summed E-state index contributed by atoms with van der Waals surface area (Å²) in [6.45, 7) is 2.71. The van der Waals surface area contributed by atoms with Crippen LogP contribution in [0.15, 0.2) is 29.1 Å². The minimum Gasteiger partial charge on any atom is -0.454 e. The van der Waals surface area contributed by atoms with Crippen molar-refractivity contribution in [2.24, 2.45) is 0 Å². The van der Waals surface area contributed by atoms with Crippen LogP contribution in [-0.2, 0) is 6.54 Å². The van der Waals surface area contributed by atoms with Crippen molar-refractivity contribution in [3.8, 4) is 11.5 Å². The van der Waals surface area contributed by atoms with Crippen LogP contribution in [0.2, 0.25) is 0 Å². The summed E-state index contributed by atoms with van der Waals surface area (Å²) in [6.07, 6.45) is 0. The lowest BCUT2D eigenvalue weighted by atomic mass is 10.2. The highest BCUT2D eigenvalue weighted by atomic mass is 32.1. The van der Waals surface area contributed by atoms with Crippen molar-refractivity contribution in [2.45, 2.75) is 13.5 Å². The van der Waals surface area contributed by atoms with Gasteiger partial charge in [0.2, 0.25) is 16.9 Å². The molecule has 0 saturated heterocycles. The second kappa shape index (κ2) is 5.24. The average molecular weight is 330 g/mol. The largest absolute Gasteiger partial charge is 0.454 e. The number of anilines is 1. The summed E-state index contributed by atoms with van der Waals surface area (Å²) < 4.78 is 12.0. The van der Waals surface area contributed by atoms with Crippen LogP contribution >= 0.6 is 11.3 Å². The van der Waals surface area contributed by atoms with Gasteiger partial charge in [-0.2, -0.15) is 4.52 Å². The van der Waals surface area contributed by atoms with Crippen molar-refractivity contribution < 1.29 is 9.47 Å². The third-order valence-corrected chi connectivity index (χ3v) is 4.57. The number of rotatable bonds is 3. The Morgan fingerprint density at radius 2 is 2.13 bits per heavy atom. The van der Waals surface area contributed by atoms with Gasteiger partial charge in [-0.3, -0.25) is 4.79 Å². The molecule has 0 atom stereocenters. The second-order valence-electron chi connectivity index (χ2n) is 5.36. The van der Waals surface area contributed by atoms with Crippen LogP contribution in [0.4, 0.5) is 5.13 Å². The molecule has 0 unspecified atom stereocenters. The Labute approximate surface area is 135 Å². The predicted octanol–water partition coefficient (Wildman–Crippen LogP) is 1.82. The highest BCUT2D eigenvalue weighted by Crippen LogP contribution is 2.33. The summed E-state index contributed by atoms with van der Waals surface area (Å²) in [4.78, 5) is 18.9. The fourth-order valence-corrected chi connectivity index (χ4v) is 3.36. The molecule has 7 nitrogen and oxygen atoms in total. The Morgan fingerprint density at radius 1 is 1.30 bits per heavy atom. The Hall–Kier alpha value is -2.61. The molecule has 3 aromatic rings. The summed E-state index contributed by atoms with van der Waals surface area (Å²) in [7, 11) is 1.93. The van der Waals surface area contributed by atoms with E-state index in [2.05, 4.69) is 10.1 Å². The molecule has 0 radical (unpaired) electrons. The van der Waals surface area contributed by atoms with Crippen molar-refractivity contribution >= 4 is 21.4 Å². The molecule has 0 spiro atoms. The standard InChI is InChI=1S/C15H14N4O3S/c1-9-5-13(20)19-14(16-9)23-15(17-19)18(2)7-10-3-4-11-12(6-10)22-8-21-11/h3-6H,7-8H2,1-2H3. The summed E-state index contributed by atoms with van der Waals surface area (Å²) in [5.74, 6) is 1.52. The molecule has 1 aliphatic rings. The van der Waals surface area contributed by atoms with Crippen molar-refractivity contribution in [1.29, 1.82) is 0 Å². The topological polar surface area (TPSA) is 69.0 Å². The van der Waals surface area contributed by atoms with Crippen molar-refractivity contribution in [2.75, 3.05) is 18.7 Å². The van der Waals surface area contributed by atoms with Crippen LogP contribution in [0.5, 0.6) is 11.5 Å². The molecule has 0 aliphatic carbocycles. The van der Waals surface area contributed by atoms with E-state index in [1.165, 1.54) is 21.9 Å². The van der Waals surface area contributed by atoms with Crippen molar-refractivity contribution in [3.05, 3.63) is 45.9 Å². The van der Waals surface area contributed by atoms with Gasteiger partial charge in [-0.15, -0.1) is 5.10 Å². The van der Waals surface area contributed by atoms with E-state index in [-0.39, 0.29) is 12.4 Å². The predicted molar refractivity (Wildman–Crippen MR) is 86.5 cm³/mol. The van der Waals surface area contributed by atoms with Gasteiger partial charge in [0.15, 0.2) is 11.5 Å². The molecular weight excluding hydrogens is 316 g/mol. The first-order valence-corrected chi connectivity index (χ1v) is 7.89. The Morgan fingerprint density at radius 3 is 3.00 bits per heavy atom. The molecule has 0 amide bonds. The number of ether oxygens (including phenoxy) is 2. The smallest absolute Gasteiger partial charge is 0.275 e. The summed E-state index contributed by atoms with van der Waals surface area (Å²) >= 11 is 1.39. The highest BCUT2D eigenvalue weighted by Gasteiger charge is 2.15. The van der Waals surface area contributed by atoms with Crippen LogP contribution in [0.3, 0.4) is 0 Å². The Kier molecular flexibility index (Phi) is 3.19. The molecule has 118 valence electrons. The van der Waals surface area contributed by atoms with Crippen LogP contribution in [0.1, 0.15) is 11.3 Å². The highest BCUT2D eigenvalue weighted by molar-refractivity contribution is 7.20. The van der Waals surface area contributed by atoms with Crippen LogP contribution in [0.25, 0.3) is 4.96 Å². The molecule has 0 bridgehead atoms. The van der Waals surface area contributed by atoms with Gasteiger partial charge >= 0.3 is 0 Å². The van der Waals surface area contributed by atoms with Gasteiger partial charge in [0.1, 0.15) is 0 Å². The monoisotopic (exact) mass is 330 g/mol. The average Bonchev–Trinajstić information content (AvgIpc) is 3.12. The maximum atomic E-state index is 11.9. The normalized spacial score (nSPS) is 12.8. The number of aryl methyl sites for hydroxylation is 1. The third-order valence-electron chi connectivity index (χ3n) is 3.55. The second-order valence-corrected chi connectivity index (χ2v) is 6.29. The molecule has 2 aromatic heterocycles. The molecule has 23 heavy (non-hydrogen) atoms.